The lowest BCUT2D eigenvalue weighted by molar-refractivity contribution is -0.123. The Morgan fingerprint density at radius 2 is 2.04 bits per heavy atom. The van der Waals surface area contributed by atoms with Gasteiger partial charge < -0.3 is 16.0 Å². The van der Waals surface area contributed by atoms with Crippen molar-refractivity contribution in [2.45, 2.75) is 82.8 Å². The molecule has 2 saturated heterocycles. The summed E-state index contributed by atoms with van der Waals surface area (Å²) in [6.07, 6.45) is 11.6. The fraction of sp³-hybridized carbons (Fsp3) is 0.952. The molecule has 6 atom stereocenters. The molecule has 148 valence electrons. The van der Waals surface area contributed by atoms with Gasteiger partial charge in [0.2, 0.25) is 5.91 Å². The van der Waals surface area contributed by atoms with Crippen LogP contribution in [0.5, 0.6) is 0 Å². The summed E-state index contributed by atoms with van der Waals surface area (Å²) in [5.74, 6) is 2.45. The molecule has 2 aliphatic carbocycles. The monoisotopic (exact) mass is 362 g/mol. The second-order valence-corrected chi connectivity index (χ2v) is 9.31. The normalized spacial score (nSPS) is 41.1. The van der Waals surface area contributed by atoms with Gasteiger partial charge in [0.15, 0.2) is 0 Å². The summed E-state index contributed by atoms with van der Waals surface area (Å²) in [6.45, 7) is 6.58. The molecule has 2 heterocycles. The number of carbonyl (C=O) groups is 1. The molecule has 0 radical (unpaired) electrons. The molecule has 1 amide bonds. The number of nitrogens with zero attached hydrogens (tertiary/aromatic N) is 1. The van der Waals surface area contributed by atoms with Gasteiger partial charge >= 0.3 is 0 Å². The fourth-order valence-electron chi connectivity index (χ4n) is 6.19. The topological polar surface area (TPSA) is 56.4 Å². The number of fused-ring (bicyclic) bond motifs is 1. The lowest BCUT2D eigenvalue weighted by atomic mass is 9.78. The molecule has 6 unspecified atom stereocenters. The maximum Gasteiger partial charge on any atom is 0.237 e. The van der Waals surface area contributed by atoms with Gasteiger partial charge in [0.05, 0.1) is 6.04 Å². The Hall–Kier alpha value is -0.650. The van der Waals surface area contributed by atoms with Crippen molar-refractivity contribution in [3.05, 3.63) is 0 Å². The van der Waals surface area contributed by atoms with Crippen molar-refractivity contribution in [1.82, 2.24) is 20.9 Å². The van der Waals surface area contributed by atoms with Crippen LogP contribution in [0.3, 0.4) is 0 Å². The molecule has 0 spiro atoms. The van der Waals surface area contributed by atoms with Gasteiger partial charge in [-0.25, -0.2) is 0 Å². The van der Waals surface area contributed by atoms with E-state index in [4.69, 9.17) is 0 Å². The largest absolute Gasteiger partial charge is 0.355 e. The third-order valence-electron chi connectivity index (χ3n) is 7.65. The van der Waals surface area contributed by atoms with E-state index in [9.17, 15) is 4.79 Å². The van der Waals surface area contributed by atoms with Crippen molar-refractivity contribution in [2.75, 3.05) is 26.3 Å². The van der Waals surface area contributed by atoms with Gasteiger partial charge in [-0.2, -0.15) is 0 Å². The standard InChI is InChI=1S/C21H38N4O/c1-15-5-4-7-17-13-18(24-20(15)17)21(26)23-10-9-16-6-2-3-8-19(16)25-12-11-22-14-25/h15-20,22,24H,2-14H2,1H3,(H,23,26). The van der Waals surface area contributed by atoms with Gasteiger partial charge in [-0.1, -0.05) is 26.2 Å². The number of hydrogen-bond acceptors (Lipinski definition) is 4. The van der Waals surface area contributed by atoms with Gasteiger partial charge in [0.25, 0.3) is 0 Å². The Morgan fingerprint density at radius 3 is 2.85 bits per heavy atom. The zero-order valence-electron chi connectivity index (χ0n) is 16.5. The maximum atomic E-state index is 12.7. The highest BCUT2D eigenvalue weighted by Crippen LogP contribution is 2.36. The predicted octanol–water partition coefficient (Wildman–Crippen LogP) is 2.08. The van der Waals surface area contributed by atoms with Crippen LogP contribution < -0.4 is 16.0 Å². The first-order valence-electron chi connectivity index (χ1n) is 11.2. The summed E-state index contributed by atoms with van der Waals surface area (Å²) in [5.41, 5.74) is 0. The molecule has 4 fully saturated rings. The van der Waals surface area contributed by atoms with Crippen LogP contribution >= 0.6 is 0 Å². The van der Waals surface area contributed by atoms with Gasteiger partial charge in [-0.15, -0.1) is 0 Å². The van der Waals surface area contributed by atoms with Crippen LogP contribution in [0, 0.1) is 17.8 Å². The molecule has 0 aromatic carbocycles. The average Bonchev–Trinajstić information content (AvgIpc) is 3.32. The van der Waals surface area contributed by atoms with Crippen LogP contribution in [0.2, 0.25) is 0 Å². The summed E-state index contributed by atoms with van der Waals surface area (Å²) < 4.78 is 0. The van der Waals surface area contributed by atoms with E-state index in [0.29, 0.717) is 6.04 Å². The molecule has 4 aliphatic rings. The Labute approximate surface area is 159 Å². The first-order valence-corrected chi connectivity index (χ1v) is 11.2. The summed E-state index contributed by atoms with van der Waals surface area (Å²) in [4.78, 5) is 15.3. The molecule has 2 aliphatic heterocycles. The van der Waals surface area contributed by atoms with Gasteiger partial charge in [-0.05, 0) is 56.3 Å². The van der Waals surface area contributed by atoms with Crippen molar-refractivity contribution in [3.8, 4) is 0 Å². The van der Waals surface area contributed by atoms with Gasteiger partial charge in [0, 0.05) is 38.4 Å². The SMILES string of the molecule is CC1CCCC2CC(C(=O)NCCC3CCCCC3N3CCNC3)NC12. The predicted molar refractivity (Wildman–Crippen MR) is 105 cm³/mol. The van der Waals surface area contributed by atoms with Crippen molar-refractivity contribution in [3.63, 3.8) is 0 Å². The number of nitrogens with one attached hydrogen (secondary N) is 3. The van der Waals surface area contributed by atoms with Gasteiger partial charge in [0.1, 0.15) is 0 Å². The first kappa shape index (κ1) is 18.7. The molecule has 2 saturated carbocycles. The number of rotatable bonds is 5. The molecule has 3 N–H and O–H groups in total. The highest BCUT2D eigenvalue weighted by Gasteiger charge is 2.41. The lowest BCUT2D eigenvalue weighted by Gasteiger charge is -2.37. The van der Waals surface area contributed by atoms with E-state index in [1.807, 2.05) is 0 Å². The van der Waals surface area contributed by atoms with Crippen LogP contribution in [0.4, 0.5) is 0 Å². The van der Waals surface area contributed by atoms with Crippen molar-refractivity contribution < 1.29 is 4.79 Å². The minimum atomic E-state index is 0.0514. The molecular weight excluding hydrogens is 324 g/mol. The molecule has 26 heavy (non-hydrogen) atoms. The van der Waals surface area contributed by atoms with E-state index < -0.39 is 0 Å². The Bertz CT molecular complexity index is 479. The lowest BCUT2D eigenvalue weighted by Crippen LogP contribution is -2.46. The van der Waals surface area contributed by atoms with Crippen LogP contribution in [-0.4, -0.2) is 55.2 Å². The number of amides is 1. The zero-order chi connectivity index (χ0) is 17.9. The second kappa shape index (κ2) is 8.57. The highest BCUT2D eigenvalue weighted by molar-refractivity contribution is 5.82. The smallest absolute Gasteiger partial charge is 0.237 e. The molecule has 0 aromatic rings. The Balaban J connectivity index is 1.23. The highest BCUT2D eigenvalue weighted by atomic mass is 16.2. The summed E-state index contributed by atoms with van der Waals surface area (Å²) in [6, 6.07) is 1.35. The van der Waals surface area contributed by atoms with E-state index in [1.165, 1.54) is 51.5 Å². The van der Waals surface area contributed by atoms with Crippen LogP contribution in [0.1, 0.15) is 64.7 Å². The molecule has 5 nitrogen and oxygen atoms in total. The van der Waals surface area contributed by atoms with E-state index in [0.717, 1.165) is 56.4 Å². The summed E-state index contributed by atoms with van der Waals surface area (Å²) in [5, 5.41) is 10.4. The third-order valence-corrected chi connectivity index (χ3v) is 7.65. The van der Waals surface area contributed by atoms with Crippen LogP contribution in [-0.2, 0) is 4.79 Å². The Kier molecular flexibility index (Phi) is 6.17. The number of hydrogen-bond donors (Lipinski definition) is 3. The quantitative estimate of drug-likeness (QED) is 0.701. The maximum absolute atomic E-state index is 12.7. The van der Waals surface area contributed by atoms with E-state index in [2.05, 4.69) is 27.8 Å². The average molecular weight is 363 g/mol. The van der Waals surface area contributed by atoms with Gasteiger partial charge in [-0.3, -0.25) is 9.69 Å². The van der Waals surface area contributed by atoms with Crippen molar-refractivity contribution >= 4 is 5.91 Å². The van der Waals surface area contributed by atoms with Crippen molar-refractivity contribution in [1.29, 1.82) is 0 Å². The minimum Gasteiger partial charge on any atom is -0.355 e. The summed E-state index contributed by atoms with van der Waals surface area (Å²) in [7, 11) is 0. The number of carbonyl (C=O) groups excluding carboxylic acids is 1. The van der Waals surface area contributed by atoms with E-state index in [-0.39, 0.29) is 11.9 Å². The molecule has 0 aromatic heterocycles. The first-order chi connectivity index (χ1) is 12.7. The second-order valence-electron chi connectivity index (χ2n) is 9.31. The van der Waals surface area contributed by atoms with Crippen LogP contribution in [0.15, 0.2) is 0 Å². The molecule has 4 rings (SSSR count). The fourth-order valence-corrected chi connectivity index (χ4v) is 6.19. The Morgan fingerprint density at radius 1 is 1.15 bits per heavy atom. The van der Waals surface area contributed by atoms with Crippen LogP contribution in [0.25, 0.3) is 0 Å². The minimum absolute atomic E-state index is 0.0514. The van der Waals surface area contributed by atoms with E-state index >= 15 is 0 Å². The van der Waals surface area contributed by atoms with Crippen molar-refractivity contribution in [2.24, 2.45) is 17.8 Å². The molecular formula is C21H38N4O. The third kappa shape index (κ3) is 4.10. The molecule has 0 bridgehead atoms. The van der Waals surface area contributed by atoms with E-state index in [1.54, 1.807) is 0 Å². The summed E-state index contributed by atoms with van der Waals surface area (Å²) >= 11 is 0. The molecule has 5 heteroatoms. The zero-order valence-corrected chi connectivity index (χ0v) is 16.5.